The highest BCUT2D eigenvalue weighted by molar-refractivity contribution is 5.65. The standard InChI is InChI=1S/C26H31FN6O3/c1-17-28-16-23(33(17)20-8-11-36-12-9-20)24-22(27)15-29-25(31-24)30-19-7-10-32(26(34)35)21(14-19)13-18-5-3-2-4-6-18/h2-6,15-16,19-21H,7-14H2,1H3,(H,34,35)(H,29,30,31). The van der Waals surface area contributed by atoms with E-state index in [-0.39, 0.29) is 23.8 Å². The predicted molar refractivity (Wildman–Crippen MR) is 132 cm³/mol. The molecule has 2 aliphatic heterocycles. The first-order valence-corrected chi connectivity index (χ1v) is 12.4. The van der Waals surface area contributed by atoms with Gasteiger partial charge in [-0.15, -0.1) is 0 Å². The number of hydrogen-bond acceptors (Lipinski definition) is 6. The molecule has 4 heterocycles. The number of benzene rings is 1. The van der Waals surface area contributed by atoms with Crippen LogP contribution in [0.1, 0.15) is 43.1 Å². The van der Waals surface area contributed by atoms with Gasteiger partial charge in [-0.3, -0.25) is 0 Å². The highest BCUT2D eigenvalue weighted by atomic mass is 19.1. The van der Waals surface area contributed by atoms with Crippen molar-refractivity contribution < 1.29 is 19.0 Å². The first-order chi connectivity index (χ1) is 17.5. The maximum absolute atomic E-state index is 14.9. The Morgan fingerprint density at radius 1 is 1.17 bits per heavy atom. The van der Waals surface area contributed by atoms with Gasteiger partial charge < -0.3 is 24.6 Å². The number of aryl methyl sites for hydroxylation is 1. The van der Waals surface area contributed by atoms with Crippen LogP contribution in [0.25, 0.3) is 11.4 Å². The van der Waals surface area contributed by atoms with Crippen molar-refractivity contribution >= 4 is 12.0 Å². The van der Waals surface area contributed by atoms with Crippen LogP contribution in [0.15, 0.2) is 42.7 Å². The summed E-state index contributed by atoms with van der Waals surface area (Å²) in [5.74, 6) is 0.640. The molecule has 9 nitrogen and oxygen atoms in total. The van der Waals surface area contributed by atoms with Crippen molar-refractivity contribution in [2.24, 2.45) is 0 Å². The number of piperidine rings is 1. The van der Waals surface area contributed by atoms with Crippen LogP contribution < -0.4 is 5.32 Å². The molecule has 2 unspecified atom stereocenters. The van der Waals surface area contributed by atoms with Gasteiger partial charge >= 0.3 is 6.09 Å². The Hall–Kier alpha value is -3.53. The van der Waals surface area contributed by atoms with Crippen molar-refractivity contribution in [3.63, 3.8) is 0 Å². The Labute approximate surface area is 209 Å². The van der Waals surface area contributed by atoms with Gasteiger partial charge in [0.1, 0.15) is 11.5 Å². The summed E-state index contributed by atoms with van der Waals surface area (Å²) in [5, 5.41) is 13.1. The Bertz CT molecular complexity index is 1200. The molecule has 0 bridgehead atoms. The van der Waals surface area contributed by atoms with Crippen LogP contribution in [0.2, 0.25) is 0 Å². The fraction of sp³-hybridized carbons (Fsp3) is 0.462. The van der Waals surface area contributed by atoms with Crippen LogP contribution in [0.4, 0.5) is 15.1 Å². The molecule has 190 valence electrons. The van der Waals surface area contributed by atoms with E-state index in [2.05, 4.69) is 24.8 Å². The number of nitrogens with one attached hydrogen (secondary N) is 1. The first-order valence-electron chi connectivity index (χ1n) is 12.4. The number of carbonyl (C=O) groups is 1. The van der Waals surface area contributed by atoms with E-state index in [0.717, 1.165) is 24.2 Å². The van der Waals surface area contributed by atoms with Crippen molar-refractivity contribution in [2.75, 3.05) is 25.1 Å². The zero-order valence-electron chi connectivity index (χ0n) is 20.3. The Morgan fingerprint density at radius 3 is 2.69 bits per heavy atom. The maximum atomic E-state index is 14.9. The Balaban J connectivity index is 1.35. The molecule has 0 spiro atoms. The monoisotopic (exact) mass is 494 g/mol. The SMILES string of the molecule is Cc1ncc(-c2nc(NC3CCN(C(=O)O)C(Cc4ccccc4)C3)ncc2F)n1C1CCOCC1. The molecule has 1 aromatic carbocycles. The number of amides is 1. The number of aromatic nitrogens is 4. The topological polar surface area (TPSA) is 105 Å². The number of imidazole rings is 1. The van der Waals surface area contributed by atoms with E-state index >= 15 is 0 Å². The van der Waals surface area contributed by atoms with Crippen molar-refractivity contribution in [1.82, 2.24) is 24.4 Å². The molecule has 5 rings (SSSR count). The van der Waals surface area contributed by atoms with Crippen LogP contribution in [0.5, 0.6) is 0 Å². The molecule has 1 amide bonds. The van der Waals surface area contributed by atoms with Gasteiger partial charge in [-0.2, -0.15) is 0 Å². The molecule has 2 N–H and O–H groups in total. The van der Waals surface area contributed by atoms with Gasteiger partial charge in [-0.25, -0.2) is 24.1 Å². The third-order valence-corrected chi connectivity index (χ3v) is 7.13. The van der Waals surface area contributed by atoms with E-state index < -0.39 is 11.9 Å². The van der Waals surface area contributed by atoms with Crippen molar-refractivity contribution in [1.29, 1.82) is 0 Å². The van der Waals surface area contributed by atoms with Gasteiger partial charge in [-0.05, 0) is 44.6 Å². The van der Waals surface area contributed by atoms with E-state index in [1.807, 2.05) is 37.3 Å². The molecular weight excluding hydrogens is 463 g/mol. The molecule has 2 atom stereocenters. The van der Waals surface area contributed by atoms with Crippen molar-refractivity contribution in [3.8, 4) is 11.4 Å². The second-order valence-corrected chi connectivity index (χ2v) is 9.48. The molecule has 0 saturated carbocycles. The summed E-state index contributed by atoms with van der Waals surface area (Å²) in [6.45, 7) is 3.66. The summed E-state index contributed by atoms with van der Waals surface area (Å²) in [6, 6.07) is 9.86. The lowest BCUT2D eigenvalue weighted by molar-refractivity contribution is 0.0694. The van der Waals surface area contributed by atoms with Crippen LogP contribution >= 0.6 is 0 Å². The van der Waals surface area contributed by atoms with Gasteiger partial charge in [0.15, 0.2) is 5.82 Å². The smallest absolute Gasteiger partial charge is 0.407 e. The largest absolute Gasteiger partial charge is 0.465 e. The van der Waals surface area contributed by atoms with Crippen LogP contribution in [0, 0.1) is 12.7 Å². The number of anilines is 1. The van der Waals surface area contributed by atoms with E-state index in [0.29, 0.717) is 50.7 Å². The van der Waals surface area contributed by atoms with Crippen LogP contribution in [-0.4, -0.2) is 67.5 Å². The number of rotatable bonds is 6. The molecule has 10 heteroatoms. The third-order valence-electron chi connectivity index (χ3n) is 7.13. The maximum Gasteiger partial charge on any atom is 0.407 e. The van der Waals surface area contributed by atoms with Crippen LogP contribution in [-0.2, 0) is 11.2 Å². The van der Waals surface area contributed by atoms with E-state index in [1.165, 1.54) is 11.1 Å². The predicted octanol–water partition coefficient (Wildman–Crippen LogP) is 4.30. The molecule has 2 aliphatic rings. The Morgan fingerprint density at radius 2 is 1.94 bits per heavy atom. The number of halogens is 1. The summed E-state index contributed by atoms with van der Waals surface area (Å²) in [4.78, 5) is 26.5. The van der Waals surface area contributed by atoms with Gasteiger partial charge in [0, 0.05) is 37.9 Å². The number of ether oxygens (including phenoxy) is 1. The van der Waals surface area contributed by atoms with Gasteiger partial charge in [0.25, 0.3) is 0 Å². The third kappa shape index (κ3) is 5.18. The number of hydrogen-bond donors (Lipinski definition) is 2. The molecule has 3 aromatic rings. The van der Waals surface area contributed by atoms with E-state index in [9.17, 15) is 14.3 Å². The quantitative estimate of drug-likeness (QED) is 0.526. The molecule has 2 saturated heterocycles. The number of nitrogens with zero attached hydrogens (tertiary/aromatic N) is 5. The van der Waals surface area contributed by atoms with Crippen LogP contribution in [0.3, 0.4) is 0 Å². The first kappa shape index (κ1) is 24.2. The minimum Gasteiger partial charge on any atom is -0.465 e. The van der Waals surface area contributed by atoms with Gasteiger partial charge in [0.05, 0.1) is 18.1 Å². The average molecular weight is 495 g/mol. The lowest BCUT2D eigenvalue weighted by Crippen LogP contribution is -2.49. The van der Waals surface area contributed by atoms with Gasteiger partial charge in [-0.1, -0.05) is 30.3 Å². The minimum atomic E-state index is -0.911. The minimum absolute atomic E-state index is 0.0326. The number of carboxylic acid groups (broad SMARTS) is 1. The van der Waals surface area contributed by atoms with E-state index in [4.69, 9.17) is 4.74 Å². The second kappa shape index (κ2) is 10.6. The lowest BCUT2D eigenvalue weighted by atomic mass is 9.92. The van der Waals surface area contributed by atoms with Crippen molar-refractivity contribution in [3.05, 3.63) is 59.9 Å². The fourth-order valence-electron chi connectivity index (χ4n) is 5.35. The highest BCUT2D eigenvalue weighted by Crippen LogP contribution is 2.31. The highest BCUT2D eigenvalue weighted by Gasteiger charge is 2.32. The second-order valence-electron chi connectivity index (χ2n) is 9.48. The molecule has 2 aromatic heterocycles. The van der Waals surface area contributed by atoms with Gasteiger partial charge in [0.2, 0.25) is 5.95 Å². The normalized spacial score (nSPS) is 20.9. The molecule has 0 radical (unpaired) electrons. The summed E-state index contributed by atoms with van der Waals surface area (Å²) < 4.78 is 22.5. The average Bonchev–Trinajstić information content (AvgIpc) is 3.27. The Kier molecular flexibility index (Phi) is 7.13. The molecular formula is C26H31FN6O3. The molecule has 2 fully saturated rings. The zero-order valence-corrected chi connectivity index (χ0v) is 20.3. The van der Waals surface area contributed by atoms with E-state index in [1.54, 1.807) is 6.20 Å². The zero-order chi connectivity index (χ0) is 25.1. The molecule has 36 heavy (non-hydrogen) atoms. The number of likely N-dealkylation sites (tertiary alicyclic amines) is 1. The fourth-order valence-corrected chi connectivity index (χ4v) is 5.35. The summed E-state index contributed by atoms with van der Waals surface area (Å²) in [7, 11) is 0. The summed E-state index contributed by atoms with van der Waals surface area (Å²) in [5.41, 5.74) is 1.93. The summed E-state index contributed by atoms with van der Waals surface area (Å²) in [6.07, 6.45) is 5.48. The lowest BCUT2D eigenvalue weighted by Gasteiger charge is -2.38. The summed E-state index contributed by atoms with van der Waals surface area (Å²) >= 11 is 0. The molecule has 0 aliphatic carbocycles. The van der Waals surface area contributed by atoms with Crippen molar-refractivity contribution in [2.45, 2.75) is 57.2 Å².